The smallest absolute Gasteiger partial charge is 0.255 e. The number of carbonyl (C=O) groups is 1. The molecule has 1 aromatic carbocycles. The highest BCUT2D eigenvalue weighted by atomic mass is 32.2. The van der Waals surface area contributed by atoms with Crippen LogP contribution in [0, 0.1) is 0 Å². The van der Waals surface area contributed by atoms with Gasteiger partial charge in [-0.2, -0.15) is 0 Å². The first-order chi connectivity index (χ1) is 11.1. The van der Waals surface area contributed by atoms with Gasteiger partial charge in [-0.05, 0) is 29.0 Å². The number of para-hydroxylation sites is 1. The minimum atomic E-state index is -0.118. The number of aromatic nitrogens is 1. The van der Waals surface area contributed by atoms with Crippen LogP contribution in [0.4, 0.5) is 5.69 Å². The number of carbonyl (C=O) groups excluding carboxylic acids is 1. The molecule has 0 radical (unpaired) electrons. The summed E-state index contributed by atoms with van der Waals surface area (Å²) < 4.78 is 1.69. The molecule has 3 heterocycles. The molecule has 1 amide bonds. The molecule has 0 bridgehead atoms. The summed E-state index contributed by atoms with van der Waals surface area (Å²) in [5, 5.41) is 5.78. The molecule has 23 heavy (non-hydrogen) atoms. The Hall–Kier alpha value is -2.05. The molecule has 0 aliphatic carbocycles. The van der Waals surface area contributed by atoms with Crippen LogP contribution in [-0.2, 0) is 11.8 Å². The van der Waals surface area contributed by atoms with Gasteiger partial charge < -0.3 is 9.88 Å². The molecule has 0 saturated heterocycles. The number of rotatable bonds is 1. The Morgan fingerprint density at radius 3 is 2.91 bits per heavy atom. The van der Waals surface area contributed by atoms with Crippen LogP contribution in [-0.4, -0.2) is 16.2 Å². The quantitative estimate of drug-likeness (QED) is 0.738. The minimum Gasteiger partial charge on any atom is -0.324 e. The van der Waals surface area contributed by atoms with Gasteiger partial charge in [0.25, 0.3) is 5.56 Å². The van der Waals surface area contributed by atoms with Crippen molar-refractivity contribution in [1.29, 1.82) is 0 Å². The number of amides is 1. The van der Waals surface area contributed by atoms with Crippen molar-refractivity contribution in [2.24, 2.45) is 7.05 Å². The first kappa shape index (κ1) is 14.5. The van der Waals surface area contributed by atoms with Crippen molar-refractivity contribution in [2.75, 3.05) is 11.1 Å². The summed E-state index contributed by atoms with van der Waals surface area (Å²) in [5.41, 5.74) is 2.47. The number of nitrogens with zero attached hydrogens (tertiary/aromatic N) is 1. The van der Waals surface area contributed by atoms with Crippen molar-refractivity contribution < 1.29 is 4.79 Å². The maximum absolute atomic E-state index is 12.9. The Bertz CT molecular complexity index is 974. The standard InChI is InChI=1S/C17H14N2O2S2/c1-19-13-5-3-2-4-10(13)8-11(17(19)21)15-16-12(6-7-22-16)18-14(20)9-23-15/h2-8,15H,9H2,1H3,(H,18,20)/t15-/m0/s1. The van der Waals surface area contributed by atoms with E-state index in [0.29, 0.717) is 5.75 Å². The van der Waals surface area contributed by atoms with E-state index in [9.17, 15) is 9.59 Å². The van der Waals surface area contributed by atoms with E-state index in [1.807, 2.05) is 41.8 Å². The van der Waals surface area contributed by atoms with E-state index in [-0.39, 0.29) is 16.7 Å². The molecule has 3 aromatic rings. The van der Waals surface area contributed by atoms with Crippen LogP contribution < -0.4 is 10.9 Å². The summed E-state index contributed by atoms with van der Waals surface area (Å²) in [5.74, 6) is 0.331. The van der Waals surface area contributed by atoms with Crippen LogP contribution in [0.2, 0.25) is 0 Å². The molecule has 0 saturated carbocycles. The van der Waals surface area contributed by atoms with Crippen molar-refractivity contribution in [3.8, 4) is 0 Å². The average molecular weight is 342 g/mol. The molecule has 0 unspecified atom stereocenters. The molecule has 4 nitrogen and oxygen atoms in total. The molecule has 1 aliphatic heterocycles. The van der Waals surface area contributed by atoms with Crippen molar-refractivity contribution in [2.45, 2.75) is 5.25 Å². The summed E-state index contributed by atoms with van der Waals surface area (Å²) in [6.45, 7) is 0. The topological polar surface area (TPSA) is 51.1 Å². The number of benzene rings is 1. The molecular formula is C17H14N2O2S2. The Morgan fingerprint density at radius 1 is 1.22 bits per heavy atom. The van der Waals surface area contributed by atoms with Crippen LogP contribution in [0.15, 0.2) is 46.6 Å². The summed E-state index contributed by atoms with van der Waals surface area (Å²) in [7, 11) is 1.80. The van der Waals surface area contributed by atoms with E-state index in [4.69, 9.17) is 0 Å². The number of aryl methyl sites for hydroxylation is 1. The number of hydrogen-bond acceptors (Lipinski definition) is 4. The lowest BCUT2D eigenvalue weighted by Crippen LogP contribution is -2.23. The van der Waals surface area contributed by atoms with Crippen LogP contribution >= 0.6 is 23.1 Å². The van der Waals surface area contributed by atoms with Crippen molar-refractivity contribution in [3.63, 3.8) is 0 Å². The van der Waals surface area contributed by atoms with E-state index >= 15 is 0 Å². The average Bonchev–Trinajstić information content (AvgIpc) is 2.94. The van der Waals surface area contributed by atoms with E-state index in [0.717, 1.165) is 27.0 Å². The molecule has 2 aromatic heterocycles. The van der Waals surface area contributed by atoms with E-state index in [1.165, 1.54) is 11.8 Å². The molecule has 0 fully saturated rings. The Morgan fingerprint density at radius 2 is 2.04 bits per heavy atom. The maximum Gasteiger partial charge on any atom is 0.255 e. The number of hydrogen-bond donors (Lipinski definition) is 1. The van der Waals surface area contributed by atoms with E-state index in [2.05, 4.69) is 5.32 Å². The van der Waals surface area contributed by atoms with Gasteiger partial charge in [-0.15, -0.1) is 23.1 Å². The number of pyridine rings is 1. The third-order valence-electron chi connectivity index (χ3n) is 4.03. The van der Waals surface area contributed by atoms with Gasteiger partial charge in [-0.25, -0.2) is 0 Å². The summed E-state index contributed by atoms with van der Waals surface area (Å²) in [6.07, 6.45) is 0. The number of thiophene rings is 1. The first-order valence-corrected chi connectivity index (χ1v) is 9.15. The van der Waals surface area contributed by atoms with E-state index in [1.54, 1.807) is 23.0 Å². The number of fused-ring (bicyclic) bond motifs is 2. The Labute approximate surface area is 141 Å². The highest BCUT2D eigenvalue weighted by Gasteiger charge is 2.27. The molecule has 1 N–H and O–H groups in total. The van der Waals surface area contributed by atoms with Crippen molar-refractivity contribution in [3.05, 3.63) is 62.6 Å². The zero-order chi connectivity index (χ0) is 16.0. The lowest BCUT2D eigenvalue weighted by Gasteiger charge is -2.16. The lowest BCUT2D eigenvalue weighted by atomic mass is 10.1. The molecule has 4 rings (SSSR count). The van der Waals surface area contributed by atoms with Crippen molar-refractivity contribution in [1.82, 2.24) is 4.57 Å². The fourth-order valence-corrected chi connectivity index (χ4v) is 5.15. The second kappa shape index (κ2) is 5.54. The lowest BCUT2D eigenvalue weighted by molar-refractivity contribution is -0.113. The second-order valence-corrected chi connectivity index (χ2v) is 7.50. The van der Waals surface area contributed by atoms with Crippen LogP contribution in [0.3, 0.4) is 0 Å². The first-order valence-electron chi connectivity index (χ1n) is 7.22. The number of thioether (sulfide) groups is 1. The third kappa shape index (κ3) is 2.38. The fourth-order valence-electron chi connectivity index (χ4n) is 2.91. The van der Waals surface area contributed by atoms with Gasteiger partial charge in [-0.1, -0.05) is 18.2 Å². The zero-order valence-corrected chi connectivity index (χ0v) is 14.0. The monoisotopic (exact) mass is 342 g/mol. The third-order valence-corrected chi connectivity index (χ3v) is 6.41. The number of anilines is 1. The predicted octanol–water partition coefficient (Wildman–Crippen LogP) is 3.37. The van der Waals surface area contributed by atoms with Gasteiger partial charge in [0.2, 0.25) is 5.91 Å². The molecule has 6 heteroatoms. The van der Waals surface area contributed by atoms with E-state index < -0.39 is 0 Å². The maximum atomic E-state index is 12.9. The van der Waals surface area contributed by atoms with Gasteiger partial charge in [-0.3, -0.25) is 9.59 Å². The zero-order valence-electron chi connectivity index (χ0n) is 12.4. The fraction of sp³-hybridized carbons (Fsp3) is 0.176. The summed E-state index contributed by atoms with van der Waals surface area (Å²) >= 11 is 3.09. The molecular weight excluding hydrogens is 328 g/mol. The Kier molecular flexibility index (Phi) is 3.50. The van der Waals surface area contributed by atoms with Gasteiger partial charge in [0, 0.05) is 17.5 Å². The Balaban J connectivity index is 1.95. The van der Waals surface area contributed by atoms with Crippen LogP contribution in [0.25, 0.3) is 10.9 Å². The SMILES string of the molecule is Cn1c(=O)c([C@@H]2SCC(=O)Nc3ccsc32)cc2ccccc21. The molecule has 1 atom stereocenters. The molecule has 1 aliphatic rings. The normalized spacial score (nSPS) is 17.6. The van der Waals surface area contributed by atoms with Gasteiger partial charge >= 0.3 is 0 Å². The van der Waals surface area contributed by atoms with Gasteiger partial charge in [0.15, 0.2) is 0 Å². The molecule has 0 spiro atoms. The highest BCUT2D eigenvalue weighted by molar-refractivity contribution is 8.00. The largest absolute Gasteiger partial charge is 0.324 e. The van der Waals surface area contributed by atoms with Crippen molar-refractivity contribution >= 4 is 45.6 Å². The number of nitrogens with one attached hydrogen (secondary N) is 1. The summed E-state index contributed by atoms with van der Waals surface area (Å²) in [4.78, 5) is 25.8. The molecule has 116 valence electrons. The highest BCUT2D eigenvalue weighted by Crippen LogP contribution is 2.43. The van der Waals surface area contributed by atoms with Gasteiger partial charge in [0.1, 0.15) is 0 Å². The van der Waals surface area contributed by atoms with Crippen LogP contribution in [0.5, 0.6) is 0 Å². The van der Waals surface area contributed by atoms with Crippen LogP contribution in [0.1, 0.15) is 15.7 Å². The van der Waals surface area contributed by atoms with Gasteiger partial charge in [0.05, 0.1) is 22.2 Å². The minimum absolute atomic E-state index is 0.00472. The second-order valence-electron chi connectivity index (χ2n) is 5.46. The summed E-state index contributed by atoms with van der Waals surface area (Å²) in [6, 6.07) is 11.7. The predicted molar refractivity (Wildman–Crippen MR) is 96.4 cm³/mol.